The lowest BCUT2D eigenvalue weighted by Crippen LogP contribution is -2.61. The quantitative estimate of drug-likeness (QED) is 0.193. The minimum Gasteiger partial charge on any atom is -0.480 e. The van der Waals surface area contributed by atoms with Crippen LogP contribution in [0.3, 0.4) is 0 Å². The molecular formula is C33H42N4O7. The van der Waals surface area contributed by atoms with Crippen LogP contribution in [-0.2, 0) is 41.6 Å². The molecule has 4 unspecified atom stereocenters. The third-order valence-electron chi connectivity index (χ3n) is 8.13. The van der Waals surface area contributed by atoms with E-state index in [1.165, 1.54) is 6.92 Å². The summed E-state index contributed by atoms with van der Waals surface area (Å²) < 4.78 is 0. The molecule has 4 atom stereocenters. The van der Waals surface area contributed by atoms with Gasteiger partial charge >= 0.3 is 5.97 Å². The molecule has 2 aromatic carbocycles. The predicted molar refractivity (Wildman–Crippen MR) is 163 cm³/mol. The molecule has 0 aliphatic heterocycles. The molecule has 0 heterocycles. The fourth-order valence-corrected chi connectivity index (χ4v) is 5.26. The van der Waals surface area contributed by atoms with E-state index in [1.54, 1.807) is 31.2 Å². The molecule has 3 rings (SSSR count). The molecular weight excluding hydrogens is 564 g/mol. The van der Waals surface area contributed by atoms with Crippen molar-refractivity contribution in [2.24, 2.45) is 5.92 Å². The Hall–Kier alpha value is -4.54. The third kappa shape index (κ3) is 9.23. The zero-order valence-electron chi connectivity index (χ0n) is 25.4. The van der Waals surface area contributed by atoms with Crippen LogP contribution in [0, 0.1) is 5.92 Å². The number of aliphatic carboxylic acids is 1. The van der Waals surface area contributed by atoms with E-state index in [0.29, 0.717) is 19.3 Å². The van der Waals surface area contributed by atoms with Gasteiger partial charge in [-0.15, -0.1) is 0 Å². The van der Waals surface area contributed by atoms with Crippen LogP contribution >= 0.6 is 0 Å². The van der Waals surface area contributed by atoms with E-state index < -0.39 is 59.1 Å². The topological polar surface area (TPSA) is 171 Å². The molecule has 1 aliphatic carbocycles. The average Bonchev–Trinajstić information content (AvgIpc) is 3.49. The number of carbonyl (C=O) groups excluding carboxylic acids is 5. The third-order valence-corrected chi connectivity index (χ3v) is 8.13. The number of carboxylic acid groups (broad SMARTS) is 1. The number of hydrogen-bond acceptors (Lipinski definition) is 6. The van der Waals surface area contributed by atoms with Crippen molar-refractivity contribution in [2.75, 3.05) is 0 Å². The Bertz CT molecular complexity index is 1330. The monoisotopic (exact) mass is 606 g/mol. The summed E-state index contributed by atoms with van der Waals surface area (Å²) in [7, 11) is 0. The van der Waals surface area contributed by atoms with Gasteiger partial charge < -0.3 is 26.4 Å². The van der Waals surface area contributed by atoms with Gasteiger partial charge in [-0.25, -0.2) is 4.79 Å². The Morgan fingerprint density at radius 1 is 0.795 bits per heavy atom. The standard InChI is InChI=1S/C33H42N4O7/c1-4-21(2)27(30(41)37-33(32(43)44)17-11-12-18-33)36-31(42)28(39)22(3)34-29(40)25(19-23-13-7-5-8-14-23)35-26(38)20-24-15-9-6-10-16-24/h5-10,13-16,21-22,25,27H,4,11-12,17-20H2,1-3H3,(H,34,40)(H,35,38)(H,36,42)(H,37,41)(H,43,44). The van der Waals surface area contributed by atoms with E-state index in [0.717, 1.165) is 11.1 Å². The zero-order valence-corrected chi connectivity index (χ0v) is 25.4. The second kappa shape index (κ2) is 15.8. The summed E-state index contributed by atoms with van der Waals surface area (Å²) in [5.74, 6) is -5.31. The average molecular weight is 607 g/mol. The lowest BCUT2D eigenvalue weighted by atomic mass is 9.93. The van der Waals surface area contributed by atoms with Crippen molar-refractivity contribution >= 4 is 35.4 Å². The minimum absolute atomic E-state index is 0.0541. The van der Waals surface area contributed by atoms with Gasteiger partial charge in [0, 0.05) is 6.42 Å². The summed E-state index contributed by atoms with van der Waals surface area (Å²) in [6.07, 6.45) is 2.55. The smallest absolute Gasteiger partial charge is 0.329 e. The van der Waals surface area contributed by atoms with Crippen LogP contribution in [0.25, 0.3) is 0 Å². The number of Topliss-reactive ketones (excluding diaryl/α,β-unsaturated/α-hetero) is 1. The summed E-state index contributed by atoms with van der Waals surface area (Å²) in [6, 6.07) is 14.7. The Kier molecular flexibility index (Phi) is 12.2. The molecule has 11 nitrogen and oxygen atoms in total. The van der Waals surface area contributed by atoms with Crippen LogP contribution in [-0.4, -0.2) is 64.2 Å². The van der Waals surface area contributed by atoms with E-state index >= 15 is 0 Å². The fourth-order valence-electron chi connectivity index (χ4n) is 5.26. The van der Waals surface area contributed by atoms with E-state index in [9.17, 15) is 33.9 Å². The summed E-state index contributed by atoms with van der Waals surface area (Å²) in [4.78, 5) is 77.4. The van der Waals surface area contributed by atoms with Crippen molar-refractivity contribution in [1.29, 1.82) is 0 Å². The van der Waals surface area contributed by atoms with Crippen LogP contribution in [0.5, 0.6) is 0 Å². The first-order valence-corrected chi connectivity index (χ1v) is 15.0. The van der Waals surface area contributed by atoms with Crippen molar-refractivity contribution in [2.45, 2.75) is 89.4 Å². The molecule has 0 bridgehead atoms. The number of carboxylic acids is 1. The van der Waals surface area contributed by atoms with Gasteiger partial charge in [-0.05, 0) is 36.8 Å². The second-order valence-electron chi connectivity index (χ2n) is 11.5. The molecule has 0 aromatic heterocycles. The molecule has 1 aliphatic rings. The molecule has 1 fully saturated rings. The van der Waals surface area contributed by atoms with Crippen molar-refractivity contribution in [1.82, 2.24) is 21.3 Å². The van der Waals surface area contributed by atoms with Gasteiger partial charge in [0.05, 0.1) is 12.5 Å². The summed E-state index contributed by atoms with van der Waals surface area (Å²) in [5, 5.41) is 20.1. The molecule has 236 valence electrons. The number of rotatable bonds is 15. The van der Waals surface area contributed by atoms with Crippen molar-refractivity contribution < 1.29 is 33.9 Å². The van der Waals surface area contributed by atoms with Gasteiger partial charge in [-0.1, -0.05) is 93.8 Å². The number of benzene rings is 2. The van der Waals surface area contributed by atoms with Crippen molar-refractivity contribution in [3.63, 3.8) is 0 Å². The Labute approximate surface area is 257 Å². The first kappa shape index (κ1) is 34.0. The lowest BCUT2D eigenvalue weighted by molar-refractivity contribution is -0.148. The first-order chi connectivity index (χ1) is 21.0. The summed E-state index contributed by atoms with van der Waals surface area (Å²) >= 11 is 0. The minimum atomic E-state index is -1.41. The fraction of sp³-hybridized carbons (Fsp3) is 0.455. The highest BCUT2D eigenvalue weighted by molar-refractivity contribution is 6.38. The van der Waals surface area contributed by atoms with Gasteiger partial charge in [-0.2, -0.15) is 0 Å². The van der Waals surface area contributed by atoms with Gasteiger partial charge in [0.15, 0.2) is 0 Å². The molecule has 44 heavy (non-hydrogen) atoms. The number of nitrogens with one attached hydrogen (secondary N) is 4. The molecule has 5 N–H and O–H groups in total. The van der Waals surface area contributed by atoms with Crippen LogP contribution in [0.1, 0.15) is 64.0 Å². The van der Waals surface area contributed by atoms with E-state index in [2.05, 4.69) is 21.3 Å². The zero-order chi connectivity index (χ0) is 32.3. The number of hydrogen-bond donors (Lipinski definition) is 5. The maximum Gasteiger partial charge on any atom is 0.329 e. The van der Waals surface area contributed by atoms with E-state index in [4.69, 9.17) is 0 Å². The van der Waals surface area contributed by atoms with Crippen molar-refractivity contribution in [3.05, 3.63) is 71.8 Å². The highest BCUT2D eigenvalue weighted by Crippen LogP contribution is 2.30. The maximum absolute atomic E-state index is 13.3. The van der Waals surface area contributed by atoms with Gasteiger partial charge in [-0.3, -0.25) is 24.0 Å². The second-order valence-corrected chi connectivity index (χ2v) is 11.5. The maximum atomic E-state index is 13.3. The van der Waals surface area contributed by atoms with Crippen LogP contribution in [0.15, 0.2) is 60.7 Å². The van der Waals surface area contributed by atoms with Crippen LogP contribution in [0.2, 0.25) is 0 Å². The van der Waals surface area contributed by atoms with E-state index in [-0.39, 0.29) is 31.6 Å². The largest absolute Gasteiger partial charge is 0.480 e. The van der Waals surface area contributed by atoms with E-state index in [1.807, 2.05) is 43.3 Å². The molecule has 0 radical (unpaired) electrons. The number of amides is 4. The molecule has 11 heteroatoms. The van der Waals surface area contributed by atoms with Gasteiger partial charge in [0.2, 0.25) is 23.5 Å². The SMILES string of the molecule is CCC(C)C(NC(=O)C(=O)C(C)NC(=O)C(Cc1ccccc1)NC(=O)Cc1ccccc1)C(=O)NC1(C(=O)O)CCCC1. The lowest BCUT2D eigenvalue weighted by Gasteiger charge is -2.30. The Morgan fingerprint density at radius 3 is 1.91 bits per heavy atom. The van der Waals surface area contributed by atoms with Crippen LogP contribution < -0.4 is 21.3 Å². The summed E-state index contributed by atoms with van der Waals surface area (Å²) in [6.45, 7) is 4.87. The number of carbonyl (C=O) groups is 6. The molecule has 2 aromatic rings. The predicted octanol–water partition coefficient (Wildman–Crippen LogP) is 2.07. The van der Waals surface area contributed by atoms with Crippen LogP contribution in [0.4, 0.5) is 0 Å². The van der Waals surface area contributed by atoms with Gasteiger partial charge in [0.1, 0.15) is 17.6 Å². The highest BCUT2D eigenvalue weighted by Gasteiger charge is 2.44. The molecule has 4 amide bonds. The summed E-state index contributed by atoms with van der Waals surface area (Å²) in [5.41, 5.74) is 0.150. The normalized spacial score (nSPS) is 16.4. The molecule has 1 saturated carbocycles. The molecule has 0 saturated heterocycles. The Balaban J connectivity index is 1.68. The molecule has 0 spiro atoms. The first-order valence-electron chi connectivity index (χ1n) is 15.0. The highest BCUT2D eigenvalue weighted by atomic mass is 16.4. The van der Waals surface area contributed by atoms with Gasteiger partial charge in [0.25, 0.3) is 5.91 Å². The van der Waals surface area contributed by atoms with Crippen molar-refractivity contribution in [3.8, 4) is 0 Å². The number of ketones is 1. The Morgan fingerprint density at radius 2 is 1.36 bits per heavy atom.